The summed E-state index contributed by atoms with van der Waals surface area (Å²) in [6, 6.07) is 6.11. The molecule has 1 atom stereocenters. The van der Waals surface area contributed by atoms with Gasteiger partial charge in [-0.25, -0.2) is 4.39 Å². The first kappa shape index (κ1) is 22.6. The molecule has 0 spiro atoms. The number of nitrogens with zero attached hydrogens (tertiary/aromatic N) is 3. The van der Waals surface area contributed by atoms with Crippen LogP contribution in [0.15, 0.2) is 23.1 Å². The third kappa shape index (κ3) is 6.43. The van der Waals surface area contributed by atoms with Gasteiger partial charge in [-0.3, -0.25) is 14.6 Å². The fourth-order valence-electron chi connectivity index (χ4n) is 4.87. The van der Waals surface area contributed by atoms with Crippen LogP contribution in [0, 0.1) is 5.82 Å². The van der Waals surface area contributed by atoms with Gasteiger partial charge in [0.1, 0.15) is 5.82 Å². The summed E-state index contributed by atoms with van der Waals surface area (Å²) >= 11 is 1.04. The summed E-state index contributed by atoms with van der Waals surface area (Å²) in [6.45, 7) is 8.07. The second kappa shape index (κ2) is 11.3. The fraction of sp³-hybridized carbons (Fsp3) is 0.696. The third-order valence-electron chi connectivity index (χ3n) is 6.69. The van der Waals surface area contributed by atoms with E-state index in [1.54, 1.807) is 6.07 Å². The molecule has 0 bridgehead atoms. The Hall–Kier alpha value is -1.11. The first-order valence-corrected chi connectivity index (χ1v) is 12.1. The molecular formula is C23H36FN3OS. The van der Waals surface area contributed by atoms with Crippen molar-refractivity contribution in [3.05, 3.63) is 24.0 Å². The molecule has 162 valence electrons. The Labute approximate surface area is 179 Å². The van der Waals surface area contributed by atoms with Crippen molar-refractivity contribution < 1.29 is 9.18 Å². The molecule has 6 heteroatoms. The van der Waals surface area contributed by atoms with Crippen LogP contribution >= 0.6 is 11.8 Å². The highest BCUT2D eigenvalue weighted by Gasteiger charge is 2.26. The number of thioether (sulfide) groups is 1. The first-order chi connectivity index (χ1) is 14.1. The van der Waals surface area contributed by atoms with Gasteiger partial charge in [-0.1, -0.05) is 31.0 Å². The lowest BCUT2D eigenvalue weighted by Gasteiger charge is -2.42. The summed E-state index contributed by atoms with van der Waals surface area (Å²) < 4.78 is 13.5. The SMILES string of the molecule is CC(CCCN(C)c1ccc(F)cc1SC=O)N1CCN(C2CCCCC2)CC1. The van der Waals surface area contributed by atoms with Gasteiger partial charge in [-0.2, -0.15) is 0 Å². The summed E-state index contributed by atoms with van der Waals surface area (Å²) in [5, 5.41) is 0. The third-order valence-corrected chi connectivity index (χ3v) is 7.36. The molecule has 1 aliphatic carbocycles. The molecule has 1 heterocycles. The van der Waals surface area contributed by atoms with Crippen LogP contribution < -0.4 is 4.90 Å². The van der Waals surface area contributed by atoms with Crippen LogP contribution in [0.3, 0.4) is 0 Å². The van der Waals surface area contributed by atoms with E-state index in [9.17, 15) is 9.18 Å². The Balaban J connectivity index is 1.41. The zero-order valence-corrected chi connectivity index (χ0v) is 18.8. The molecule has 2 fully saturated rings. The van der Waals surface area contributed by atoms with E-state index in [2.05, 4.69) is 21.6 Å². The monoisotopic (exact) mass is 421 g/mol. The number of hydrogen-bond donors (Lipinski definition) is 0. The number of anilines is 1. The van der Waals surface area contributed by atoms with Gasteiger partial charge >= 0.3 is 0 Å². The Kier molecular flexibility index (Phi) is 8.82. The van der Waals surface area contributed by atoms with E-state index < -0.39 is 0 Å². The number of piperazine rings is 1. The van der Waals surface area contributed by atoms with Crippen LogP contribution in [0.2, 0.25) is 0 Å². The zero-order chi connectivity index (χ0) is 20.6. The quantitative estimate of drug-likeness (QED) is 0.427. The Morgan fingerprint density at radius 2 is 1.93 bits per heavy atom. The standard InChI is InChI=1S/C23H36FN3OS/c1-19(26-13-15-27(16-14-26)21-8-4-3-5-9-21)7-6-12-25(2)22-11-10-20(24)17-23(22)29-18-28/h10-11,17-19,21H,3-9,12-16H2,1-2H3. The number of carbonyl (C=O) groups is 1. The summed E-state index contributed by atoms with van der Waals surface area (Å²) in [5.74, 6) is -0.299. The molecule has 3 rings (SSSR count). The molecular weight excluding hydrogens is 385 g/mol. The van der Waals surface area contributed by atoms with Gasteiger partial charge in [0.05, 0.1) is 5.69 Å². The summed E-state index contributed by atoms with van der Waals surface area (Å²) in [5.41, 5.74) is 1.69. The van der Waals surface area contributed by atoms with E-state index in [0.717, 1.165) is 48.5 Å². The van der Waals surface area contributed by atoms with E-state index in [1.807, 2.05) is 7.05 Å². The maximum atomic E-state index is 13.5. The lowest BCUT2D eigenvalue weighted by atomic mass is 9.93. The number of benzene rings is 1. The van der Waals surface area contributed by atoms with Crippen LogP contribution in [-0.2, 0) is 4.79 Å². The van der Waals surface area contributed by atoms with Crippen LogP contribution in [0.4, 0.5) is 10.1 Å². The summed E-state index contributed by atoms with van der Waals surface area (Å²) in [7, 11) is 2.02. The second-order valence-electron chi connectivity index (χ2n) is 8.60. The smallest absolute Gasteiger partial charge is 0.181 e. The Morgan fingerprint density at radius 3 is 2.62 bits per heavy atom. The minimum atomic E-state index is -0.299. The highest BCUT2D eigenvalue weighted by molar-refractivity contribution is 8.12. The Bertz CT molecular complexity index is 645. The zero-order valence-electron chi connectivity index (χ0n) is 18.0. The van der Waals surface area contributed by atoms with E-state index in [4.69, 9.17) is 0 Å². The van der Waals surface area contributed by atoms with E-state index in [-0.39, 0.29) is 5.82 Å². The largest absolute Gasteiger partial charge is 0.374 e. The first-order valence-electron chi connectivity index (χ1n) is 11.2. The van der Waals surface area contributed by atoms with Crippen molar-refractivity contribution in [2.24, 2.45) is 0 Å². The highest BCUT2D eigenvalue weighted by atomic mass is 32.2. The van der Waals surface area contributed by atoms with Crippen LogP contribution in [0.1, 0.15) is 51.9 Å². The lowest BCUT2D eigenvalue weighted by molar-refractivity contribution is 0.0582. The van der Waals surface area contributed by atoms with Gasteiger partial charge in [-0.05, 0) is 50.8 Å². The van der Waals surface area contributed by atoms with Gasteiger partial charge in [0.15, 0.2) is 5.62 Å². The highest BCUT2D eigenvalue weighted by Crippen LogP contribution is 2.29. The van der Waals surface area contributed by atoms with Crippen LogP contribution in [-0.4, -0.2) is 67.3 Å². The topological polar surface area (TPSA) is 26.8 Å². The Morgan fingerprint density at radius 1 is 1.21 bits per heavy atom. The van der Waals surface area contributed by atoms with Crippen molar-refractivity contribution in [2.45, 2.75) is 68.8 Å². The maximum Gasteiger partial charge on any atom is 0.181 e. The van der Waals surface area contributed by atoms with Gasteiger partial charge < -0.3 is 4.90 Å². The van der Waals surface area contributed by atoms with Crippen molar-refractivity contribution in [1.82, 2.24) is 9.80 Å². The number of rotatable bonds is 9. The molecule has 0 aromatic heterocycles. The molecule has 1 aromatic carbocycles. The minimum absolute atomic E-state index is 0.299. The number of halogens is 1. The van der Waals surface area contributed by atoms with E-state index in [1.165, 1.54) is 70.4 Å². The van der Waals surface area contributed by atoms with E-state index in [0.29, 0.717) is 10.9 Å². The molecule has 0 amide bonds. The van der Waals surface area contributed by atoms with Crippen LogP contribution in [0.5, 0.6) is 0 Å². The number of carbonyl (C=O) groups excluding carboxylic acids is 1. The van der Waals surface area contributed by atoms with Gasteiger partial charge in [0.25, 0.3) is 0 Å². The van der Waals surface area contributed by atoms with Gasteiger partial charge in [0, 0.05) is 56.8 Å². The van der Waals surface area contributed by atoms with Crippen molar-refractivity contribution in [2.75, 3.05) is 44.7 Å². The molecule has 1 saturated carbocycles. The van der Waals surface area contributed by atoms with Crippen molar-refractivity contribution in [1.29, 1.82) is 0 Å². The molecule has 2 aliphatic rings. The normalized spacial score (nSPS) is 20.5. The summed E-state index contributed by atoms with van der Waals surface area (Å²) in [4.78, 5) is 19.1. The molecule has 0 N–H and O–H groups in total. The van der Waals surface area contributed by atoms with Gasteiger partial charge in [0.2, 0.25) is 0 Å². The fourth-order valence-corrected chi connectivity index (χ4v) is 5.49. The van der Waals surface area contributed by atoms with Crippen molar-refractivity contribution in [3.8, 4) is 0 Å². The van der Waals surface area contributed by atoms with Crippen molar-refractivity contribution in [3.63, 3.8) is 0 Å². The molecule has 4 nitrogen and oxygen atoms in total. The minimum Gasteiger partial charge on any atom is -0.374 e. The molecule has 0 radical (unpaired) electrons. The number of hydrogen-bond acceptors (Lipinski definition) is 5. The van der Waals surface area contributed by atoms with Crippen LogP contribution in [0.25, 0.3) is 0 Å². The predicted octanol–water partition coefficient (Wildman–Crippen LogP) is 4.66. The molecule has 1 aliphatic heterocycles. The lowest BCUT2D eigenvalue weighted by Crippen LogP contribution is -2.53. The average molecular weight is 422 g/mol. The van der Waals surface area contributed by atoms with E-state index >= 15 is 0 Å². The molecule has 1 saturated heterocycles. The summed E-state index contributed by atoms with van der Waals surface area (Å²) in [6.07, 6.45) is 9.29. The molecule has 1 aromatic rings. The molecule has 29 heavy (non-hydrogen) atoms. The maximum absolute atomic E-state index is 13.5. The molecule has 1 unspecified atom stereocenters. The second-order valence-corrected chi connectivity index (χ2v) is 9.47. The van der Waals surface area contributed by atoms with Gasteiger partial charge in [-0.15, -0.1) is 0 Å². The van der Waals surface area contributed by atoms with Crippen molar-refractivity contribution >= 4 is 23.1 Å². The average Bonchev–Trinajstić information content (AvgIpc) is 2.74. The predicted molar refractivity (Wildman–Crippen MR) is 121 cm³/mol.